The second-order valence-corrected chi connectivity index (χ2v) is 5.06. The van der Waals surface area contributed by atoms with Crippen LogP contribution < -0.4 is 16.2 Å². The molecule has 1 heterocycles. The minimum atomic E-state index is -0.905. The largest absolute Gasteiger partial charge is 0.464 e. The third-order valence-electron chi connectivity index (χ3n) is 3.44. The summed E-state index contributed by atoms with van der Waals surface area (Å²) in [5.74, 6) is -0.517. The molecule has 6 heteroatoms. The maximum atomic E-state index is 12.0. The lowest BCUT2D eigenvalue weighted by Gasteiger charge is -2.27. The zero-order valence-corrected chi connectivity index (χ0v) is 12.2. The monoisotopic (exact) mass is 309 g/mol. The first kappa shape index (κ1) is 14.6. The SMILES string of the molecule is Nc1ccc(OC(c2ccccc2)N2C(=O)C=CC2=O)c(N)c1. The highest BCUT2D eigenvalue weighted by Gasteiger charge is 2.34. The fourth-order valence-electron chi connectivity index (χ4n) is 2.32. The Labute approximate surface area is 132 Å². The minimum absolute atomic E-state index is 0.331. The van der Waals surface area contributed by atoms with Crippen molar-refractivity contribution in [3.05, 3.63) is 66.2 Å². The number of hydrogen-bond donors (Lipinski definition) is 2. The highest BCUT2D eigenvalue weighted by molar-refractivity contribution is 6.13. The van der Waals surface area contributed by atoms with Gasteiger partial charge in [-0.2, -0.15) is 0 Å². The number of rotatable bonds is 4. The lowest BCUT2D eigenvalue weighted by atomic mass is 10.1. The number of hydrogen-bond acceptors (Lipinski definition) is 5. The van der Waals surface area contributed by atoms with E-state index in [1.54, 1.807) is 42.5 Å². The van der Waals surface area contributed by atoms with Crippen LogP contribution in [0.5, 0.6) is 5.75 Å². The Morgan fingerprint density at radius 2 is 1.57 bits per heavy atom. The summed E-state index contributed by atoms with van der Waals surface area (Å²) < 4.78 is 5.87. The molecule has 0 radical (unpaired) electrons. The van der Waals surface area contributed by atoms with E-state index < -0.39 is 18.0 Å². The van der Waals surface area contributed by atoms with Crippen LogP contribution in [-0.2, 0) is 9.59 Å². The van der Waals surface area contributed by atoms with E-state index in [9.17, 15) is 9.59 Å². The standard InChI is InChI=1S/C17H15N3O3/c18-12-6-7-14(13(19)10-12)23-17(11-4-2-1-3-5-11)20-15(21)8-9-16(20)22/h1-10,17H,18-19H2. The van der Waals surface area contributed by atoms with E-state index in [1.165, 1.54) is 12.2 Å². The van der Waals surface area contributed by atoms with Crippen molar-refractivity contribution in [1.82, 2.24) is 4.90 Å². The molecule has 1 aliphatic rings. The van der Waals surface area contributed by atoms with Crippen LogP contribution in [0.4, 0.5) is 11.4 Å². The van der Waals surface area contributed by atoms with Crippen molar-refractivity contribution in [3.8, 4) is 5.75 Å². The second kappa shape index (κ2) is 5.84. The van der Waals surface area contributed by atoms with Gasteiger partial charge in [0.15, 0.2) is 0 Å². The second-order valence-electron chi connectivity index (χ2n) is 5.06. The van der Waals surface area contributed by atoms with Gasteiger partial charge in [0, 0.05) is 23.4 Å². The van der Waals surface area contributed by atoms with Gasteiger partial charge in [-0.15, -0.1) is 0 Å². The van der Waals surface area contributed by atoms with Crippen LogP contribution in [0.1, 0.15) is 11.8 Å². The highest BCUT2D eigenvalue weighted by Crippen LogP contribution is 2.32. The van der Waals surface area contributed by atoms with Gasteiger partial charge in [0.25, 0.3) is 11.8 Å². The lowest BCUT2D eigenvalue weighted by molar-refractivity contribution is -0.146. The normalized spacial score (nSPS) is 15.0. The van der Waals surface area contributed by atoms with E-state index >= 15 is 0 Å². The van der Waals surface area contributed by atoms with E-state index in [0.717, 1.165) is 4.90 Å². The molecule has 2 aromatic rings. The first-order valence-electron chi connectivity index (χ1n) is 6.98. The third kappa shape index (κ3) is 2.87. The smallest absolute Gasteiger partial charge is 0.256 e. The Bertz CT molecular complexity index is 769. The van der Waals surface area contributed by atoms with Crippen LogP contribution in [0.3, 0.4) is 0 Å². The summed E-state index contributed by atoms with van der Waals surface area (Å²) in [5.41, 5.74) is 13.1. The first-order chi connectivity index (χ1) is 11.1. The van der Waals surface area contributed by atoms with Crippen molar-refractivity contribution >= 4 is 23.2 Å². The maximum absolute atomic E-state index is 12.0. The minimum Gasteiger partial charge on any atom is -0.464 e. The summed E-state index contributed by atoms with van der Waals surface area (Å²) in [6, 6.07) is 13.8. The van der Waals surface area contributed by atoms with E-state index in [-0.39, 0.29) is 0 Å². The molecule has 0 aliphatic carbocycles. The van der Waals surface area contributed by atoms with E-state index in [2.05, 4.69) is 0 Å². The molecule has 3 rings (SSSR count). The summed E-state index contributed by atoms with van der Waals surface area (Å²) in [4.78, 5) is 25.1. The van der Waals surface area contributed by atoms with Crippen LogP contribution >= 0.6 is 0 Å². The Morgan fingerprint density at radius 1 is 0.913 bits per heavy atom. The van der Waals surface area contributed by atoms with Gasteiger partial charge in [-0.05, 0) is 18.2 Å². The van der Waals surface area contributed by atoms with Gasteiger partial charge in [0.05, 0.1) is 5.69 Å². The molecule has 116 valence electrons. The van der Waals surface area contributed by atoms with Crippen LogP contribution in [-0.4, -0.2) is 16.7 Å². The molecule has 4 N–H and O–H groups in total. The zero-order valence-electron chi connectivity index (χ0n) is 12.2. The number of anilines is 2. The molecule has 0 saturated heterocycles. The highest BCUT2D eigenvalue weighted by atomic mass is 16.5. The molecular formula is C17H15N3O3. The molecule has 0 spiro atoms. The summed E-state index contributed by atoms with van der Waals surface area (Å²) in [5, 5.41) is 0. The molecule has 0 fully saturated rings. The number of ether oxygens (including phenoxy) is 1. The molecule has 2 amide bonds. The fourth-order valence-corrected chi connectivity index (χ4v) is 2.32. The van der Waals surface area contributed by atoms with Gasteiger partial charge in [0.2, 0.25) is 6.23 Å². The number of carbonyl (C=O) groups is 2. The number of imide groups is 1. The Morgan fingerprint density at radius 3 is 2.17 bits per heavy atom. The molecule has 23 heavy (non-hydrogen) atoms. The van der Waals surface area contributed by atoms with Crippen molar-refractivity contribution in [2.24, 2.45) is 0 Å². The van der Waals surface area contributed by atoms with Gasteiger partial charge in [-0.25, -0.2) is 4.90 Å². The number of nitrogens with zero attached hydrogens (tertiary/aromatic N) is 1. The average Bonchev–Trinajstić information content (AvgIpc) is 2.87. The number of nitrogens with two attached hydrogens (primary N) is 2. The van der Waals surface area contributed by atoms with Gasteiger partial charge >= 0.3 is 0 Å². The summed E-state index contributed by atoms with van der Waals surface area (Å²) in [7, 11) is 0. The van der Waals surface area contributed by atoms with E-state index in [4.69, 9.17) is 16.2 Å². The van der Waals surface area contributed by atoms with Crippen LogP contribution in [0.25, 0.3) is 0 Å². The topological polar surface area (TPSA) is 98.6 Å². The maximum Gasteiger partial charge on any atom is 0.256 e. The van der Waals surface area contributed by atoms with E-state index in [1.807, 2.05) is 6.07 Å². The zero-order chi connectivity index (χ0) is 16.4. The molecule has 1 unspecified atom stereocenters. The molecule has 0 bridgehead atoms. The molecule has 1 aliphatic heterocycles. The molecular weight excluding hydrogens is 294 g/mol. The Kier molecular flexibility index (Phi) is 3.72. The van der Waals surface area contributed by atoms with Gasteiger partial charge in [-0.1, -0.05) is 30.3 Å². The average molecular weight is 309 g/mol. The quantitative estimate of drug-likeness (QED) is 0.663. The van der Waals surface area contributed by atoms with Crippen LogP contribution in [0.15, 0.2) is 60.7 Å². The number of nitrogen functional groups attached to an aromatic ring is 2. The van der Waals surface area contributed by atoms with Crippen molar-refractivity contribution < 1.29 is 14.3 Å². The Hall–Kier alpha value is -3.28. The van der Waals surface area contributed by atoms with Crippen molar-refractivity contribution in [3.63, 3.8) is 0 Å². The van der Waals surface area contributed by atoms with Crippen LogP contribution in [0.2, 0.25) is 0 Å². The summed E-state index contributed by atoms with van der Waals surface area (Å²) in [6.07, 6.45) is 1.53. The number of carbonyl (C=O) groups excluding carboxylic acids is 2. The van der Waals surface area contributed by atoms with Crippen molar-refractivity contribution in [1.29, 1.82) is 0 Å². The van der Waals surface area contributed by atoms with Gasteiger partial charge < -0.3 is 16.2 Å². The first-order valence-corrected chi connectivity index (χ1v) is 6.98. The molecule has 1 atom stereocenters. The molecule has 6 nitrogen and oxygen atoms in total. The third-order valence-corrected chi connectivity index (χ3v) is 3.44. The lowest BCUT2D eigenvalue weighted by Crippen LogP contribution is -2.37. The predicted molar refractivity (Wildman–Crippen MR) is 86.1 cm³/mol. The Balaban J connectivity index is 1.99. The van der Waals surface area contributed by atoms with Crippen LogP contribution in [0, 0.1) is 0 Å². The van der Waals surface area contributed by atoms with Crippen molar-refractivity contribution in [2.75, 3.05) is 11.5 Å². The molecule has 2 aromatic carbocycles. The van der Waals surface area contributed by atoms with Gasteiger partial charge in [-0.3, -0.25) is 9.59 Å². The predicted octanol–water partition coefficient (Wildman–Crippen LogP) is 1.85. The number of benzene rings is 2. The van der Waals surface area contributed by atoms with Gasteiger partial charge in [0.1, 0.15) is 5.75 Å². The molecule has 0 aromatic heterocycles. The summed E-state index contributed by atoms with van der Waals surface area (Å²) in [6.45, 7) is 0. The number of amides is 2. The fraction of sp³-hybridized carbons (Fsp3) is 0.0588. The van der Waals surface area contributed by atoms with Crippen molar-refractivity contribution in [2.45, 2.75) is 6.23 Å². The van der Waals surface area contributed by atoms with E-state index in [0.29, 0.717) is 22.7 Å². The summed E-state index contributed by atoms with van der Waals surface area (Å²) >= 11 is 0. The molecule has 0 saturated carbocycles.